The summed E-state index contributed by atoms with van der Waals surface area (Å²) in [5, 5.41) is 22.6. The van der Waals surface area contributed by atoms with Gasteiger partial charge < -0.3 is 30.0 Å². The van der Waals surface area contributed by atoms with Crippen molar-refractivity contribution in [3.8, 4) is 39.8 Å². The Balaban J connectivity index is 0.983. The molecule has 3 aromatic carbocycles. The van der Waals surface area contributed by atoms with Crippen LogP contribution >= 0.6 is 0 Å². The standard InChI is InChI=1S/C43H44N6O10S/c1-43(2,18-8-9-19-57-39-22-32(20-33(47-39)28-10-4-3-5-11-28)29-14-16-35-36(21-29)59-27-58-35)26-45-42(53)34(23-40(50)51)48-41(52)31-15-17-38(44-24-31)49-46-25-30-12-6-7-13-37(30)60(54,55)56/h3-7,10-17,20-22,24,34H,8-9,18-19,23,25-27H2,1-2H3,(H,45,53)(H,48,52)(H,50,51)(H,54,55,56). The van der Waals surface area contributed by atoms with E-state index in [9.17, 15) is 32.5 Å². The lowest BCUT2D eigenvalue weighted by Gasteiger charge is -2.26. The van der Waals surface area contributed by atoms with E-state index >= 15 is 0 Å². The van der Waals surface area contributed by atoms with E-state index in [4.69, 9.17) is 19.2 Å². The summed E-state index contributed by atoms with van der Waals surface area (Å²) in [5.74, 6) is -0.674. The molecule has 6 rings (SSSR count). The topological polar surface area (TPSA) is 228 Å². The highest BCUT2D eigenvalue weighted by atomic mass is 32.2. The predicted octanol–water partition coefficient (Wildman–Crippen LogP) is 7.03. The van der Waals surface area contributed by atoms with Crippen LogP contribution in [0, 0.1) is 5.41 Å². The van der Waals surface area contributed by atoms with Gasteiger partial charge in [-0.05, 0) is 77.8 Å². The third-order valence-corrected chi connectivity index (χ3v) is 10.4. The number of fused-ring (bicyclic) bond motifs is 1. The smallest absolute Gasteiger partial charge is 0.305 e. The normalized spacial score (nSPS) is 12.8. The number of carboxylic acids is 1. The number of aliphatic carboxylic acids is 1. The van der Waals surface area contributed by atoms with Gasteiger partial charge in [-0.15, -0.1) is 5.11 Å². The molecule has 0 saturated carbocycles. The molecule has 1 unspecified atom stereocenters. The molecule has 4 N–H and O–H groups in total. The Kier molecular flexibility index (Phi) is 13.8. The summed E-state index contributed by atoms with van der Waals surface area (Å²) >= 11 is 0. The second kappa shape index (κ2) is 19.4. The molecule has 16 nitrogen and oxygen atoms in total. The highest BCUT2D eigenvalue weighted by molar-refractivity contribution is 7.85. The quantitative estimate of drug-likeness (QED) is 0.0373. The number of nitrogens with one attached hydrogen (secondary N) is 2. The molecule has 0 radical (unpaired) electrons. The molecule has 0 aliphatic carbocycles. The first kappa shape index (κ1) is 42.9. The monoisotopic (exact) mass is 836 g/mol. The van der Waals surface area contributed by atoms with Crippen molar-refractivity contribution in [2.45, 2.75) is 57.0 Å². The fraction of sp³-hybridized carbons (Fsp3) is 0.279. The molecule has 17 heteroatoms. The zero-order valence-electron chi connectivity index (χ0n) is 32.9. The number of carbonyl (C=O) groups is 3. The van der Waals surface area contributed by atoms with Gasteiger partial charge in [0.2, 0.25) is 18.6 Å². The number of pyridine rings is 2. The largest absolute Gasteiger partial charge is 0.481 e. The number of azo groups is 1. The van der Waals surface area contributed by atoms with Crippen LogP contribution in [0.5, 0.6) is 17.4 Å². The molecular formula is C43H44N6O10S. The van der Waals surface area contributed by atoms with Crippen molar-refractivity contribution in [1.82, 2.24) is 20.6 Å². The lowest BCUT2D eigenvalue weighted by Crippen LogP contribution is -2.49. The number of carbonyl (C=O) groups excluding carboxylic acids is 2. The van der Waals surface area contributed by atoms with Gasteiger partial charge in [0, 0.05) is 24.4 Å². The predicted molar refractivity (Wildman–Crippen MR) is 220 cm³/mol. The Bertz CT molecular complexity index is 2460. The van der Waals surface area contributed by atoms with Crippen LogP contribution in [0.15, 0.2) is 118 Å². The van der Waals surface area contributed by atoms with Gasteiger partial charge >= 0.3 is 5.97 Å². The van der Waals surface area contributed by atoms with E-state index in [1.54, 1.807) is 6.07 Å². The fourth-order valence-corrected chi connectivity index (χ4v) is 6.99. The van der Waals surface area contributed by atoms with Gasteiger partial charge in [-0.3, -0.25) is 18.9 Å². The highest BCUT2D eigenvalue weighted by Crippen LogP contribution is 2.37. The molecule has 0 bridgehead atoms. The molecule has 2 aromatic heterocycles. The van der Waals surface area contributed by atoms with Gasteiger partial charge in [-0.1, -0.05) is 68.4 Å². The van der Waals surface area contributed by atoms with E-state index in [0.717, 1.165) is 35.2 Å². The Labute approximate surface area is 346 Å². The minimum Gasteiger partial charge on any atom is -0.481 e. The van der Waals surface area contributed by atoms with Gasteiger partial charge in [0.25, 0.3) is 16.0 Å². The van der Waals surface area contributed by atoms with Crippen molar-refractivity contribution in [2.75, 3.05) is 19.9 Å². The van der Waals surface area contributed by atoms with Crippen molar-refractivity contribution < 1.29 is 46.7 Å². The molecule has 312 valence electrons. The number of unbranched alkanes of at least 4 members (excludes halogenated alkanes) is 1. The summed E-state index contributed by atoms with van der Waals surface area (Å²) in [6.07, 6.45) is 2.74. The minimum absolute atomic E-state index is 0.0440. The van der Waals surface area contributed by atoms with Crippen molar-refractivity contribution in [3.05, 3.63) is 114 Å². The number of nitrogens with zero attached hydrogens (tertiary/aromatic N) is 4. The van der Waals surface area contributed by atoms with Crippen LogP contribution in [0.3, 0.4) is 0 Å². The van der Waals surface area contributed by atoms with Crippen molar-refractivity contribution in [2.24, 2.45) is 15.6 Å². The van der Waals surface area contributed by atoms with Crippen LogP contribution in [0.4, 0.5) is 5.82 Å². The third-order valence-electron chi connectivity index (χ3n) is 9.49. The van der Waals surface area contributed by atoms with Gasteiger partial charge in [-0.25, -0.2) is 9.97 Å². The Morgan fingerprint density at radius 2 is 1.67 bits per heavy atom. The first-order valence-corrected chi connectivity index (χ1v) is 20.5. The van der Waals surface area contributed by atoms with Crippen molar-refractivity contribution in [1.29, 1.82) is 0 Å². The van der Waals surface area contributed by atoms with Gasteiger partial charge in [0.15, 0.2) is 17.3 Å². The summed E-state index contributed by atoms with van der Waals surface area (Å²) in [6.45, 7) is 4.63. The molecule has 1 atom stereocenters. The second-order valence-corrected chi connectivity index (χ2v) is 16.1. The van der Waals surface area contributed by atoms with Gasteiger partial charge in [-0.2, -0.15) is 13.5 Å². The van der Waals surface area contributed by atoms with Crippen LogP contribution in [0.2, 0.25) is 0 Å². The molecule has 1 aliphatic heterocycles. The minimum atomic E-state index is -4.45. The number of ether oxygens (including phenoxy) is 3. The number of aromatic nitrogens is 2. The van der Waals surface area contributed by atoms with Crippen molar-refractivity contribution in [3.63, 3.8) is 0 Å². The Morgan fingerprint density at radius 1 is 0.900 bits per heavy atom. The number of benzene rings is 3. The van der Waals surface area contributed by atoms with E-state index in [1.165, 1.54) is 36.5 Å². The average Bonchev–Trinajstić information content (AvgIpc) is 3.71. The lowest BCUT2D eigenvalue weighted by atomic mass is 9.87. The zero-order chi connectivity index (χ0) is 42.7. The fourth-order valence-electron chi connectivity index (χ4n) is 6.27. The first-order chi connectivity index (χ1) is 28.7. The molecule has 3 heterocycles. The van der Waals surface area contributed by atoms with E-state index in [-0.39, 0.29) is 47.1 Å². The molecule has 60 heavy (non-hydrogen) atoms. The maximum absolute atomic E-state index is 13.2. The second-order valence-electron chi connectivity index (χ2n) is 14.7. The SMILES string of the molecule is CC(C)(CCCCOc1cc(-c2ccc3c(c2)OCO3)cc(-c2ccccc2)n1)CNC(=O)C(CC(=O)O)NC(=O)c1ccc(N=NCc2ccccc2S(=O)(=O)O)nc1. The maximum atomic E-state index is 13.2. The molecule has 0 spiro atoms. The first-order valence-electron chi connectivity index (χ1n) is 19.0. The number of carboxylic acid groups (broad SMARTS) is 1. The number of amides is 2. The number of hydrogen-bond acceptors (Lipinski definition) is 12. The van der Waals surface area contributed by atoms with E-state index < -0.39 is 40.4 Å². The Morgan fingerprint density at radius 3 is 2.42 bits per heavy atom. The van der Waals surface area contributed by atoms with Crippen LogP contribution < -0.4 is 24.8 Å². The molecule has 5 aromatic rings. The van der Waals surface area contributed by atoms with Crippen molar-refractivity contribution >= 4 is 33.7 Å². The molecule has 0 fully saturated rings. The maximum Gasteiger partial charge on any atom is 0.305 e. The molecular weight excluding hydrogens is 793 g/mol. The summed E-state index contributed by atoms with van der Waals surface area (Å²) in [5.41, 5.74) is 3.48. The zero-order valence-corrected chi connectivity index (χ0v) is 33.7. The third kappa shape index (κ3) is 11.9. The Hall–Kier alpha value is -6.72. The average molecular weight is 837 g/mol. The number of hydrogen-bond donors (Lipinski definition) is 4. The van der Waals surface area contributed by atoms with Gasteiger partial charge in [0.1, 0.15) is 6.04 Å². The summed E-state index contributed by atoms with van der Waals surface area (Å²) in [6, 6.07) is 26.7. The van der Waals surface area contributed by atoms with Crippen LogP contribution in [-0.4, -0.2) is 71.8 Å². The van der Waals surface area contributed by atoms with Gasteiger partial charge in [0.05, 0.1) is 35.7 Å². The van der Waals surface area contributed by atoms with E-state index in [1.807, 2.05) is 74.5 Å². The summed E-state index contributed by atoms with van der Waals surface area (Å²) in [7, 11) is -4.45. The number of rotatable bonds is 19. The molecule has 1 aliphatic rings. The van der Waals surface area contributed by atoms with Crippen LogP contribution in [0.25, 0.3) is 22.4 Å². The molecule has 2 amide bonds. The van der Waals surface area contributed by atoms with E-state index in [0.29, 0.717) is 30.4 Å². The lowest BCUT2D eigenvalue weighted by molar-refractivity contribution is -0.139. The summed E-state index contributed by atoms with van der Waals surface area (Å²) < 4.78 is 49.8. The van der Waals surface area contributed by atoms with E-state index in [2.05, 4.69) is 25.8 Å². The molecule has 0 saturated heterocycles. The summed E-state index contributed by atoms with van der Waals surface area (Å²) in [4.78, 5) is 46.4. The highest BCUT2D eigenvalue weighted by Gasteiger charge is 2.27. The van der Waals surface area contributed by atoms with Crippen LogP contribution in [-0.2, 0) is 26.3 Å². The van der Waals surface area contributed by atoms with Crippen LogP contribution in [0.1, 0.15) is 55.5 Å².